The number of para-hydroxylation sites is 2. The fraction of sp³-hybridized carbons (Fsp3) is 0.167. The van der Waals surface area contributed by atoms with Crippen LogP contribution in [-0.2, 0) is 6.54 Å². The lowest BCUT2D eigenvalue weighted by atomic mass is 10.2. The summed E-state index contributed by atoms with van der Waals surface area (Å²) in [6.07, 6.45) is 5.01. The molecule has 0 amide bonds. The molecule has 2 aromatic carbocycles. The van der Waals surface area contributed by atoms with E-state index in [1.165, 1.54) is 12.1 Å². The average molecular weight is 280 g/mol. The first-order valence-electron chi connectivity index (χ1n) is 7.17. The minimum atomic E-state index is -0.217. The molecule has 21 heavy (non-hydrogen) atoms. The van der Waals surface area contributed by atoms with Gasteiger partial charge in [0.1, 0.15) is 11.6 Å². The van der Waals surface area contributed by atoms with E-state index in [0.717, 1.165) is 35.4 Å². The van der Waals surface area contributed by atoms with Gasteiger partial charge >= 0.3 is 0 Å². The Balaban J connectivity index is 1.99. The van der Waals surface area contributed by atoms with Gasteiger partial charge in [-0.2, -0.15) is 0 Å². The number of aryl methyl sites for hydroxylation is 1. The van der Waals surface area contributed by atoms with Crippen molar-refractivity contribution in [2.75, 3.05) is 0 Å². The van der Waals surface area contributed by atoms with Crippen LogP contribution < -0.4 is 0 Å². The van der Waals surface area contributed by atoms with E-state index in [-0.39, 0.29) is 5.82 Å². The maximum atomic E-state index is 12.9. The van der Waals surface area contributed by atoms with Gasteiger partial charge in [-0.05, 0) is 42.3 Å². The molecule has 0 fully saturated rings. The molecule has 0 bridgehead atoms. The van der Waals surface area contributed by atoms with Crippen LogP contribution in [0.2, 0.25) is 0 Å². The van der Waals surface area contributed by atoms with Gasteiger partial charge in [0.25, 0.3) is 0 Å². The highest BCUT2D eigenvalue weighted by Crippen LogP contribution is 2.18. The number of hydrogen-bond acceptors (Lipinski definition) is 1. The molecule has 0 atom stereocenters. The van der Waals surface area contributed by atoms with Gasteiger partial charge in [0.05, 0.1) is 11.0 Å². The molecular formula is C18H17FN2. The van der Waals surface area contributed by atoms with E-state index < -0.39 is 0 Å². The van der Waals surface area contributed by atoms with Crippen molar-refractivity contribution in [1.29, 1.82) is 0 Å². The van der Waals surface area contributed by atoms with Gasteiger partial charge in [0.2, 0.25) is 0 Å². The first-order valence-corrected chi connectivity index (χ1v) is 7.17. The summed E-state index contributed by atoms with van der Waals surface area (Å²) in [4.78, 5) is 4.67. The van der Waals surface area contributed by atoms with E-state index in [4.69, 9.17) is 0 Å². The van der Waals surface area contributed by atoms with Gasteiger partial charge in [-0.25, -0.2) is 9.37 Å². The van der Waals surface area contributed by atoms with Crippen LogP contribution >= 0.6 is 0 Å². The SMILES string of the molecule is CCCn1c(C=Cc2ccc(F)cc2)nc2ccccc21. The molecule has 0 aliphatic rings. The van der Waals surface area contributed by atoms with E-state index in [9.17, 15) is 4.39 Å². The predicted octanol–water partition coefficient (Wildman–Crippen LogP) is 4.76. The maximum absolute atomic E-state index is 12.9. The summed E-state index contributed by atoms with van der Waals surface area (Å²) in [6.45, 7) is 3.09. The highest BCUT2D eigenvalue weighted by Gasteiger charge is 2.06. The molecule has 1 aromatic heterocycles. The van der Waals surface area contributed by atoms with Crippen LogP contribution in [0.5, 0.6) is 0 Å². The standard InChI is InChI=1S/C18H17FN2/c1-2-13-21-17-6-4-3-5-16(17)20-18(21)12-9-14-7-10-15(19)11-8-14/h3-12H,2,13H2,1H3. The van der Waals surface area contributed by atoms with Gasteiger partial charge in [-0.3, -0.25) is 0 Å². The highest BCUT2D eigenvalue weighted by atomic mass is 19.1. The third-order valence-corrected chi connectivity index (χ3v) is 3.43. The molecule has 0 aliphatic heterocycles. The number of hydrogen-bond donors (Lipinski definition) is 0. The monoisotopic (exact) mass is 280 g/mol. The lowest BCUT2D eigenvalue weighted by molar-refractivity contribution is 0.628. The predicted molar refractivity (Wildman–Crippen MR) is 85.4 cm³/mol. The van der Waals surface area contributed by atoms with Crippen LogP contribution in [0, 0.1) is 5.82 Å². The quantitative estimate of drug-likeness (QED) is 0.674. The van der Waals surface area contributed by atoms with Crippen molar-refractivity contribution in [2.24, 2.45) is 0 Å². The molecule has 0 N–H and O–H groups in total. The zero-order valence-corrected chi connectivity index (χ0v) is 12.0. The van der Waals surface area contributed by atoms with Crippen LogP contribution in [0.15, 0.2) is 48.5 Å². The smallest absolute Gasteiger partial charge is 0.133 e. The van der Waals surface area contributed by atoms with Gasteiger partial charge in [-0.15, -0.1) is 0 Å². The molecule has 0 saturated heterocycles. The third-order valence-electron chi connectivity index (χ3n) is 3.43. The Morgan fingerprint density at radius 1 is 1.05 bits per heavy atom. The fourth-order valence-electron chi connectivity index (χ4n) is 2.42. The van der Waals surface area contributed by atoms with Crippen molar-refractivity contribution in [3.05, 3.63) is 65.7 Å². The summed E-state index contributed by atoms with van der Waals surface area (Å²) in [5.41, 5.74) is 3.12. The molecule has 3 rings (SSSR count). The molecule has 3 aromatic rings. The number of nitrogens with zero attached hydrogens (tertiary/aromatic N) is 2. The molecule has 0 unspecified atom stereocenters. The first kappa shape index (κ1) is 13.6. The lowest BCUT2D eigenvalue weighted by Crippen LogP contribution is -1.99. The Morgan fingerprint density at radius 3 is 2.57 bits per heavy atom. The topological polar surface area (TPSA) is 17.8 Å². The van der Waals surface area contributed by atoms with Crippen LogP contribution in [0.25, 0.3) is 23.2 Å². The van der Waals surface area contributed by atoms with Gasteiger partial charge in [-0.1, -0.05) is 37.3 Å². The number of benzene rings is 2. The minimum absolute atomic E-state index is 0.217. The Kier molecular flexibility index (Phi) is 3.82. The fourth-order valence-corrected chi connectivity index (χ4v) is 2.42. The Labute approximate surface area is 123 Å². The second-order valence-electron chi connectivity index (χ2n) is 5.00. The van der Waals surface area contributed by atoms with Crippen LogP contribution in [0.4, 0.5) is 4.39 Å². The van der Waals surface area contributed by atoms with Crippen LogP contribution in [0.3, 0.4) is 0 Å². The van der Waals surface area contributed by atoms with Crippen molar-refractivity contribution in [1.82, 2.24) is 9.55 Å². The second-order valence-corrected chi connectivity index (χ2v) is 5.00. The summed E-state index contributed by atoms with van der Waals surface area (Å²) in [5, 5.41) is 0. The van der Waals surface area contributed by atoms with Crippen molar-refractivity contribution in [3.8, 4) is 0 Å². The maximum Gasteiger partial charge on any atom is 0.133 e. The van der Waals surface area contributed by atoms with E-state index in [0.29, 0.717) is 0 Å². The Hall–Kier alpha value is -2.42. The summed E-state index contributed by atoms with van der Waals surface area (Å²) >= 11 is 0. The van der Waals surface area contributed by atoms with E-state index >= 15 is 0 Å². The molecule has 0 spiro atoms. The van der Waals surface area contributed by atoms with Crippen molar-refractivity contribution < 1.29 is 4.39 Å². The normalized spacial score (nSPS) is 11.5. The number of rotatable bonds is 4. The molecule has 2 nitrogen and oxygen atoms in total. The van der Waals surface area contributed by atoms with Crippen LogP contribution in [0.1, 0.15) is 24.7 Å². The van der Waals surface area contributed by atoms with Crippen LogP contribution in [-0.4, -0.2) is 9.55 Å². The zero-order chi connectivity index (χ0) is 14.7. The summed E-state index contributed by atoms with van der Waals surface area (Å²) < 4.78 is 15.1. The molecule has 0 aliphatic carbocycles. The van der Waals surface area contributed by atoms with Gasteiger partial charge in [0, 0.05) is 6.54 Å². The summed E-state index contributed by atoms with van der Waals surface area (Å²) in [5.74, 6) is 0.716. The second kappa shape index (κ2) is 5.92. The number of imidazole rings is 1. The van der Waals surface area contributed by atoms with Crippen molar-refractivity contribution >= 4 is 23.2 Å². The van der Waals surface area contributed by atoms with E-state index in [2.05, 4.69) is 22.5 Å². The van der Waals surface area contributed by atoms with Gasteiger partial charge in [0.15, 0.2) is 0 Å². The van der Waals surface area contributed by atoms with Crippen molar-refractivity contribution in [3.63, 3.8) is 0 Å². The average Bonchev–Trinajstić information content (AvgIpc) is 2.85. The molecule has 1 heterocycles. The molecular weight excluding hydrogens is 263 g/mol. The van der Waals surface area contributed by atoms with Gasteiger partial charge < -0.3 is 4.57 Å². The van der Waals surface area contributed by atoms with E-state index in [1.807, 2.05) is 30.4 Å². The molecule has 0 saturated carbocycles. The molecule has 106 valence electrons. The summed E-state index contributed by atoms with van der Waals surface area (Å²) in [6, 6.07) is 14.6. The summed E-state index contributed by atoms with van der Waals surface area (Å²) in [7, 11) is 0. The van der Waals surface area contributed by atoms with E-state index in [1.54, 1.807) is 12.1 Å². The molecule has 0 radical (unpaired) electrons. The highest BCUT2D eigenvalue weighted by molar-refractivity contribution is 5.79. The third kappa shape index (κ3) is 2.87. The Morgan fingerprint density at radius 2 is 1.81 bits per heavy atom. The number of fused-ring (bicyclic) bond motifs is 1. The van der Waals surface area contributed by atoms with Crippen molar-refractivity contribution in [2.45, 2.75) is 19.9 Å². The number of halogens is 1. The lowest BCUT2D eigenvalue weighted by Gasteiger charge is -2.04. The Bertz CT molecular complexity index is 770. The minimum Gasteiger partial charge on any atom is -0.324 e. The first-order chi connectivity index (χ1) is 10.3. The molecule has 3 heteroatoms. The zero-order valence-electron chi connectivity index (χ0n) is 12.0. The number of aromatic nitrogens is 2. The largest absolute Gasteiger partial charge is 0.324 e.